The van der Waals surface area contributed by atoms with Crippen LogP contribution in [0.5, 0.6) is 0 Å². The van der Waals surface area contributed by atoms with Crippen LogP contribution in [0, 0.1) is 13.8 Å². The van der Waals surface area contributed by atoms with E-state index >= 15 is 0 Å². The Bertz CT molecular complexity index is 549. The first-order valence-corrected chi connectivity index (χ1v) is 6.77. The first-order valence-electron chi connectivity index (χ1n) is 5.16. The molecule has 0 saturated heterocycles. The first kappa shape index (κ1) is 12.3. The van der Waals surface area contributed by atoms with Gasteiger partial charge in [-0.2, -0.15) is 0 Å². The van der Waals surface area contributed by atoms with Crippen LogP contribution in [0.25, 0.3) is 0 Å². The molecule has 0 fully saturated rings. The second kappa shape index (κ2) is 4.63. The molecule has 2 N–H and O–H groups in total. The third kappa shape index (κ3) is 2.28. The van der Waals surface area contributed by atoms with Gasteiger partial charge in [0.2, 0.25) is 5.78 Å². The highest BCUT2D eigenvalue weighted by atomic mass is 79.9. The van der Waals surface area contributed by atoms with Gasteiger partial charge in [0.05, 0.1) is 4.88 Å². The van der Waals surface area contributed by atoms with Gasteiger partial charge >= 0.3 is 0 Å². The van der Waals surface area contributed by atoms with Crippen LogP contribution in [0.3, 0.4) is 0 Å². The number of aryl methyl sites for hydroxylation is 2. The number of thiophene rings is 1. The normalized spacial score (nSPS) is 10.5. The van der Waals surface area contributed by atoms with Crippen LogP contribution < -0.4 is 5.73 Å². The number of rotatable bonds is 2. The van der Waals surface area contributed by atoms with E-state index in [2.05, 4.69) is 15.9 Å². The van der Waals surface area contributed by atoms with E-state index in [1.807, 2.05) is 32.0 Å². The van der Waals surface area contributed by atoms with Crippen molar-refractivity contribution < 1.29 is 4.79 Å². The van der Waals surface area contributed by atoms with Gasteiger partial charge in [-0.15, -0.1) is 11.3 Å². The molecule has 2 nitrogen and oxygen atoms in total. The van der Waals surface area contributed by atoms with Crippen LogP contribution in [0.4, 0.5) is 5.69 Å². The molecular formula is C13H12BrNOS. The molecule has 0 atom stereocenters. The number of nitrogen functional groups attached to an aromatic ring is 1. The quantitative estimate of drug-likeness (QED) is 0.674. The van der Waals surface area contributed by atoms with Gasteiger partial charge in [-0.25, -0.2) is 0 Å². The fraction of sp³-hybridized carbons (Fsp3) is 0.154. The van der Waals surface area contributed by atoms with Crippen molar-refractivity contribution in [3.05, 3.63) is 49.6 Å². The van der Waals surface area contributed by atoms with Crippen LogP contribution >= 0.6 is 27.3 Å². The molecule has 0 spiro atoms. The summed E-state index contributed by atoms with van der Waals surface area (Å²) in [7, 11) is 0. The van der Waals surface area contributed by atoms with Crippen LogP contribution in [-0.2, 0) is 0 Å². The number of ketones is 1. The molecule has 1 aromatic carbocycles. The van der Waals surface area contributed by atoms with E-state index in [9.17, 15) is 4.79 Å². The summed E-state index contributed by atoms with van der Waals surface area (Å²) in [5.74, 6) is -0.000556. The average Bonchev–Trinajstić information content (AvgIpc) is 2.59. The Kier molecular flexibility index (Phi) is 3.35. The molecule has 1 heterocycles. The number of benzene rings is 1. The lowest BCUT2D eigenvalue weighted by Crippen LogP contribution is -2.05. The van der Waals surface area contributed by atoms with Crippen LogP contribution in [0.2, 0.25) is 0 Å². The zero-order valence-corrected chi connectivity index (χ0v) is 12.0. The van der Waals surface area contributed by atoms with Gasteiger partial charge < -0.3 is 5.73 Å². The predicted octanol–water partition coefficient (Wildman–Crippen LogP) is 3.94. The lowest BCUT2D eigenvalue weighted by Gasteiger charge is -2.06. The standard InChI is InChI=1S/C13H12BrNOS/c1-7-4-3-5-10(15)12(7)13(16)11-6-9(14)8(2)17-11/h3-6H,15H2,1-2H3. The van der Waals surface area contributed by atoms with Gasteiger partial charge in [0.25, 0.3) is 0 Å². The number of halogens is 1. The number of anilines is 1. The highest BCUT2D eigenvalue weighted by Crippen LogP contribution is 2.30. The van der Waals surface area contributed by atoms with Crippen molar-refractivity contribution in [2.45, 2.75) is 13.8 Å². The molecule has 1 aromatic heterocycles. The van der Waals surface area contributed by atoms with E-state index in [0.29, 0.717) is 11.3 Å². The third-order valence-corrected chi connectivity index (χ3v) is 4.75. The minimum absolute atomic E-state index is 0.000556. The summed E-state index contributed by atoms with van der Waals surface area (Å²) in [6.07, 6.45) is 0. The van der Waals surface area contributed by atoms with E-state index in [1.165, 1.54) is 11.3 Å². The lowest BCUT2D eigenvalue weighted by molar-refractivity contribution is 0.104. The first-order chi connectivity index (χ1) is 8.00. The summed E-state index contributed by atoms with van der Waals surface area (Å²) in [5.41, 5.74) is 7.94. The molecule has 0 unspecified atom stereocenters. The number of carbonyl (C=O) groups excluding carboxylic acids is 1. The van der Waals surface area contributed by atoms with Gasteiger partial charge in [-0.1, -0.05) is 12.1 Å². The van der Waals surface area contributed by atoms with Crippen molar-refractivity contribution in [2.24, 2.45) is 0 Å². The van der Waals surface area contributed by atoms with Gasteiger partial charge in [0, 0.05) is 20.6 Å². The highest BCUT2D eigenvalue weighted by Gasteiger charge is 2.17. The molecule has 0 aliphatic carbocycles. The summed E-state index contributed by atoms with van der Waals surface area (Å²) in [6.45, 7) is 3.88. The molecule has 88 valence electrons. The molecular weight excluding hydrogens is 298 g/mol. The largest absolute Gasteiger partial charge is 0.398 e. The van der Waals surface area contributed by atoms with Crippen LogP contribution in [-0.4, -0.2) is 5.78 Å². The molecule has 17 heavy (non-hydrogen) atoms. The number of hydrogen-bond acceptors (Lipinski definition) is 3. The van der Waals surface area contributed by atoms with Crippen molar-refractivity contribution in [3.63, 3.8) is 0 Å². The predicted molar refractivity (Wildman–Crippen MR) is 75.8 cm³/mol. The molecule has 0 aliphatic rings. The van der Waals surface area contributed by atoms with E-state index in [0.717, 1.165) is 19.8 Å². The minimum Gasteiger partial charge on any atom is -0.398 e. The molecule has 0 amide bonds. The van der Waals surface area contributed by atoms with Gasteiger partial charge in [-0.3, -0.25) is 4.79 Å². The fourth-order valence-electron chi connectivity index (χ4n) is 1.70. The highest BCUT2D eigenvalue weighted by molar-refractivity contribution is 9.10. The molecule has 0 saturated carbocycles. The molecule has 0 radical (unpaired) electrons. The lowest BCUT2D eigenvalue weighted by atomic mass is 10.0. The second-order valence-electron chi connectivity index (χ2n) is 3.88. The molecule has 4 heteroatoms. The Morgan fingerprint density at radius 3 is 2.59 bits per heavy atom. The van der Waals surface area contributed by atoms with Crippen molar-refractivity contribution in [1.82, 2.24) is 0 Å². The van der Waals surface area contributed by atoms with E-state index in [4.69, 9.17) is 5.73 Å². The Balaban J connectivity index is 2.51. The summed E-state index contributed by atoms with van der Waals surface area (Å²) in [4.78, 5) is 14.2. The maximum absolute atomic E-state index is 12.4. The smallest absolute Gasteiger partial charge is 0.205 e. The summed E-state index contributed by atoms with van der Waals surface area (Å²) in [6, 6.07) is 7.38. The maximum Gasteiger partial charge on any atom is 0.205 e. The Labute approximate surface area is 113 Å². The minimum atomic E-state index is -0.000556. The Morgan fingerprint density at radius 1 is 1.35 bits per heavy atom. The van der Waals surface area contributed by atoms with Crippen LogP contribution in [0.15, 0.2) is 28.7 Å². The fourth-order valence-corrected chi connectivity index (χ4v) is 3.18. The monoisotopic (exact) mass is 309 g/mol. The topological polar surface area (TPSA) is 43.1 Å². The zero-order chi connectivity index (χ0) is 12.6. The second-order valence-corrected chi connectivity index (χ2v) is 5.99. The molecule has 0 aliphatic heterocycles. The number of nitrogens with two attached hydrogens (primary N) is 1. The van der Waals surface area contributed by atoms with E-state index < -0.39 is 0 Å². The third-order valence-electron chi connectivity index (χ3n) is 2.61. The molecule has 2 aromatic rings. The summed E-state index contributed by atoms with van der Waals surface area (Å²) >= 11 is 4.90. The van der Waals surface area contributed by atoms with Gasteiger partial charge in [0.15, 0.2) is 0 Å². The number of carbonyl (C=O) groups is 1. The summed E-state index contributed by atoms with van der Waals surface area (Å²) < 4.78 is 0.970. The molecule has 2 rings (SSSR count). The summed E-state index contributed by atoms with van der Waals surface area (Å²) in [5, 5.41) is 0. The van der Waals surface area contributed by atoms with Crippen molar-refractivity contribution in [2.75, 3.05) is 5.73 Å². The van der Waals surface area contributed by atoms with Crippen molar-refractivity contribution in [1.29, 1.82) is 0 Å². The molecule has 0 bridgehead atoms. The maximum atomic E-state index is 12.4. The van der Waals surface area contributed by atoms with Gasteiger partial charge in [-0.05, 0) is 47.5 Å². The zero-order valence-electron chi connectivity index (χ0n) is 9.58. The van der Waals surface area contributed by atoms with E-state index in [1.54, 1.807) is 6.07 Å². The van der Waals surface area contributed by atoms with Crippen molar-refractivity contribution in [3.8, 4) is 0 Å². The average molecular weight is 310 g/mol. The SMILES string of the molecule is Cc1cccc(N)c1C(=O)c1cc(Br)c(C)s1. The number of hydrogen-bond donors (Lipinski definition) is 1. The Morgan fingerprint density at radius 2 is 2.06 bits per heavy atom. The Hall–Kier alpha value is -1.13. The van der Waals surface area contributed by atoms with Gasteiger partial charge in [0.1, 0.15) is 0 Å². The van der Waals surface area contributed by atoms with E-state index in [-0.39, 0.29) is 5.78 Å². The van der Waals surface area contributed by atoms with Crippen LogP contribution in [0.1, 0.15) is 25.7 Å². The van der Waals surface area contributed by atoms with Crippen molar-refractivity contribution >= 4 is 38.7 Å².